The van der Waals surface area contributed by atoms with Crippen LogP contribution < -0.4 is 10.6 Å². The first-order valence-corrected chi connectivity index (χ1v) is 9.45. The van der Waals surface area contributed by atoms with Crippen LogP contribution in [0.4, 0.5) is 4.39 Å². The van der Waals surface area contributed by atoms with E-state index in [2.05, 4.69) is 22.5 Å². The van der Waals surface area contributed by atoms with Crippen molar-refractivity contribution in [2.45, 2.75) is 58.5 Å². The number of piperidine rings is 1. The maximum absolute atomic E-state index is 13.7. The molecule has 1 aromatic rings. The molecule has 7 heteroatoms. The van der Waals surface area contributed by atoms with Crippen LogP contribution in [0.15, 0.2) is 23.2 Å². The number of halogens is 2. The average molecular weight is 490 g/mol. The fraction of sp³-hybridized carbons (Fsp3) is 0.600. The molecule has 152 valence electrons. The molecular weight excluding hydrogens is 458 g/mol. The molecule has 0 aromatic heterocycles. The maximum Gasteiger partial charge on any atom is 0.224 e. The molecule has 5 nitrogen and oxygen atoms in total. The second kappa shape index (κ2) is 11.5. The van der Waals surface area contributed by atoms with Gasteiger partial charge in [0.25, 0.3) is 0 Å². The van der Waals surface area contributed by atoms with Crippen molar-refractivity contribution in [3.05, 3.63) is 35.1 Å². The van der Waals surface area contributed by atoms with Gasteiger partial charge in [0.2, 0.25) is 5.91 Å². The van der Waals surface area contributed by atoms with Gasteiger partial charge in [0.05, 0.1) is 6.04 Å². The topological polar surface area (TPSA) is 56.7 Å². The zero-order valence-electron chi connectivity index (χ0n) is 16.7. The molecule has 1 amide bonds. The molecule has 1 aliphatic heterocycles. The molecule has 0 saturated carbocycles. The molecule has 1 fully saturated rings. The fourth-order valence-corrected chi connectivity index (χ4v) is 3.26. The molecule has 0 radical (unpaired) electrons. The number of hydrogen-bond acceptors (Lipinski definition) is 2. The molecule has 1 aromatic carbocycles. The summed E-state index contributed by atoms with van der Waals surface area (Å²) < 4.78 is 13.7. The van der Waals surface area contributed by atoms with Crippen molar-refractivity contribution >= 4 is 35.8 Å². The standard InChI is InChI=1S/C20H31FN4O.HI/c1-14-8-9-17(13-18(14)21)16(3)24-20(22-4)23-11-10-19(26)25-12-6-5-7-15(25)2;/h8-9,13,15-16H,5-7,10-12H2,1-4H3,(H2,22,23,24);1H. The van der Waals surface area contributed by atoms with E-state index in [1.807, 2.05) is 17.9 Å². The van der Waals surface area contributed by atoms with E-state index in [1.165, 1.54) is 6.42 Å². The summed E-state index contributed by atoms with van der Waals surface area (Å²) in [6.45, 7) is 7.21. The van der Waals surface area contributed by atoms with Crippen molar-refractivity contribution < 1.29 is 9.18 Å². The third-order valence-corrected chi connectivity index (χ3v) is 5.03. The second-order valence-corrected chi connectivity index (χ2v) is 7.06. The quantitative estimate of drug-likeness (QED) is 0.376. The zero-order valence-corrected chi connectivity index (χ0v) is 19.0. The van der Waals surface area contributed by atoms with Gasteiger partial charge in [-0.25, -0.2) is 4.39 Å². The highest BCUT2D eigenvalue weighted by Gasteiger charge is 2.22. The van der Waals surface area contributed by atoms with Crippen LogP contribution in [0.25, 0.3) is 0 Å². The van der Waals surface area contributed by atoms with E-state index in [0.29, 0.717) is 30.5 Å². The average Bonchev–Trinajstić information content (AvgIpc) is 2.63. The maximum atomic E-state index is 13.7. The summed E-state index contributed by atoms with van der Waals surface area (Å²) in [5.41, 5.74) is 1.49. The van der Waals surface area contributed by atoms with Crippen molar-refractivity contribution in [2.24, 2.45) is 4.99 Å². The number of nitrogens with one attached hydrogen (secondary N) is 2. The summed E-state index contributed by atoms with van der Waals surface area (Å²) >= 11 is 0. The van der Waals surface area contributed by atoms with Crippen LogP contribution in [-0.4, -0.2) is 42.9 Å². The molecule has 2 rings (SSSR count). The number of carbonyl (C=O) groups excluding carboxylic acids is 1. The molecule has 1 aliphatic rings. The molecule has 1 heterocycles. The molecule has 0 aliphatic carbocycles. The highest BCUT2D eigenvalue weighted by atomic mass is 127. The van der Waals surface area contributed by atoms with Crippen LogP contribution in [0.1, 0.15) is 56.7 Å². The first kappa shape index (κ1) is 23.7. The van der Waals surface area contributed by atoms with Gasteiger partial charge in [0.15, 0.2) is 5.96 Å². The monoisotopic (exact) mass is 490 g/mol. The number of rotatable bonds is 5. The first-order chi connectivity index (χ1) is 12.4. The number of aliphatic imine (C=N–C) groups is 1. The summed E-state index contributed by atoms with van der Waals surface area (Å²) in [5.74, 6) is 0.590. The van der Waals surface area contributed by atoms with Gasteiger partial charge in [0.1, 0.15) is 5.82 Å². The summed E-state index contributed by atoms with van der Waals surface area (Å²) in [6.07, 6.45) is 3.83. The summed E-state index contributed by atoms with van der Waals surface area (Å²) in [5, 5.41) is 6.42. The molecule has 1 saturated heterocycles. The van der Waals surface area contributed by atoms with Crippen molar-refractivity contribution in [2.75, 3.05) is 20.1 Å². The van der Waals surface area contributed by atoms with Gasteiger partial charge < -0.3 is 15.5 Å². The van der Waals surface area contributed by atoms with Crippen molar-refractivity contribution in [3.63, 3.8) is 0 Å². The molecular formula is C20H32FIN4O. The van der Waals surface area contributed by atoms with Crippen molar-refractivity contribution in [1.82, 2.24) is 15.5 Å². The summed E-state index contributed by atoms with van der Waals surface area (Å²) in [6, 6.07) is 5.48. The van der Waals surface area contributed by atoms with Gasteiger partial charge in [-0.15, -0.1) is 24.0 Å². The van der Waals surface area contributed by atoms with Crippen LogP contribution >= 0.6 is 24.0 Å². The minimum absolute atomic E-state index is 0. The molecule has 2 atom stereocenters. The Bertz CT molecular complexity index is 653. The van der Waals surface area contributed by atoms with Gasteiger partial charge >= 0.3 is 0 Å². The van der Waals surface area contributed by atoms with E-state index >= 15 is 0 Å². The Hall–Kier alpha value is -1.38. The lowest BCUT2D eigenvalue weighted by Gasteiger charge is -2.33. The van der Waals surface area contributed by atoms with Gasteiger partial charge in [0, 0.05) is 32.6 Å². The Balaban J connectivity index is 0.00000364. The number of likely N-dealkylation sites (tertiary alicyclic amines) is 1. The minimum Gasteiger partial charge on any atom is -0.356 e. The fourth-order valence-electron chi connectivity index (χ4n) is 3.26. The Morgan fingerprint density at radius 2 is 2.15 bits per heavy atom. The smallest absolute Gasteiger partial charge is 0.224 e. The number of amides is 1. The highest BCUT2D eigenvalue weighted by Crippen LogP contribution is 2.17. The van der Waals surface area contributed by atoms with Crippen LogP contribution in [0, 0.1) is 12.7 Å². The number of hydrogen-bond donors (Lipinski definition) is 2. The predicted octanol–water partition coefficient (Wildman–Crippen LogP) is 3.77. The summed E-state index contributed by atoms with van der Waals surface area (Å²) in [7, 11) is 1.69. The van der Waals surface area contributed by atoms with Gasteiger partial charge in [-0.1, -0.05) is 12.1 Å². The predicted molar refractivity (Wildman–Crippen MR) is 119 cm³/mol. The number of nitrogens with zero attached hydrogens (tertiary/aromatic N) is 2. The van der Waals surface area contributed by atoms with E-state index in [1.54, 1.807) is 26.1 Å². The SMILES string of the molecule is CN=C(NCCC(=O)N1CCCCC1C)NC(C)c1ccc(C)c(F)c1.I. The van der Waals surface area contributed by atoms with Crippen LogP contribution in [-0.2, 0) is 4.79 Å². The number of aryl methyl sites for hydroxylation is 1. The van der Waals surface area contributed by atoms with Gasteiger partial charge in [-0.2, -0.15) is 0 Å². The van der Waals surface area contributed by atoms with E-state index in [4.69, 9.17) is 0 Å². The third kappa shape index (κ3) is 6.93. The van der Waals surface area contributed by atoms with Crippen LogP contribution in [0.2, 0.25) is 0 Å². The van der Waals surface area contributed by atoms with Crippen molar-refractivity contribution in [3.8, 4) is 0 Å². The third-order valence-electron chi connectivity index (χ3n) is 5.03. The number of carbonyl (C=O) groups is 1. The van der Waals surface area contributed by atoms with Gasteiger partial charge in [-0.3, -0.25) is 9.79 Å². The Morgan fingerprint density at radius 3 is 2.78 bits per heavy atom. The van der Waals surface area contributed by atoms with E-state index < -0.39 is 0 Å². The normalized spacial score (nSPS) is 18.5. The molecule has 27 heavy (non-hydrogen) atoms. The molecule has 2 N–H and O–H groups in total. The Morgan fingerprint density at radius 1 is 1.41 bits per heavy atom. The van der Waals surface area contributed by atoms with E-state index in [9.17, 15) is 9.18 Å². The lowest BCUT2D eigenvalue weighted by atomic mass is 10.0. The van der Waals surface area contributed by atoms with E-state index in [0.717, 1.165) is 24.9 Å². The zero-order chi connectivity index (χ0) is 19.1. The largest absolute Gasteiger partial charge is 0.356 e. The van der Waals surface area contributed by atoms with Gasteiger partial charge in [-0.05, 0) is 57.2 Å². The highest BCUT2D eigenvalue weighted by molar-refractivity contribution is 14.0. The number of benzene rings is 1. The molecule has 0 bridgehead atoms. The van der Waals surface area contributed by atoms with Crippen LogP contribution in [0.5, 0.6) is 0 Å². The second-order valence-electron chi connectivity index (χ2n) is 7.06. The number of guanidine groups is 1. The Labute approximate surface area is 179 Å². The molecule has 0 spiro atoms. The lowest BCUT2D eigenvalue weighted by Crippen LogP contribution is -2.44. The Kier molecular flexibility index (Phi) is 10.0. The minimum atomic E-state index is -0.208. The first-order valence-electron chi connectivity index (χ1n) is 9.45. The lowest BCUT2D eigenvalue weighted by molar-refractivity contribution is -0.134. The summed E-state index contributed by atoms with van der Waals surface area (Å²) in [4.78, 5) is 18.6. The van der Waals surface area contributed by atoms with Crippen molar-refractivity contribution in [1.29, 1.82) is 0 Å². The van der Waals surface area contributed by atoms with E-state index in [-0.39, 0.29) is 41.7 Å². The molecule has 2 unspecified atom stereocenters. The van der Waals surface area contributed by atoms with Crippen LogP contribution in [0.3, 0.4) is 0 Å².